The van der Waals surface area contributed by atoms with Gasteiger partial charge in [-0.05, 0) is 24.6 Å². The van der Waals surface area contributed by atoms with Crippen molar-refractivity contribution in [3.05, 3.63) is 30.7 Å². The van der Waals surface area contributed by atoms with Gasteiger partial charge in [0.25, 0.3) is 0 Å². The van der Waals surface area contributed by atoms with Crippen LogP contribution in [-0.4, -0.2) is 35.1 Å². The minimum absolute atomic E-state index is 0.416. The predicted octanol–water partition coefficient (Wildman–Crippen LogP) is 1.58. The molecule has 0 aliphatic rings. The number of H-pyrrole nitrogens is 1. The molecule has 0 spiro atoms. The van der Waals surface area contributed by atoms with Crippen molar-refractivity contribution in [2.45, 2.75) is 6.92 Å². The summed E-state index contributed by atoms with van der Waals surface area (Å²) in [5.41, 5.74) is 5.59. The average Bonchev–Trinajstić information content (AvgIpc) is 2.98. The molecule has 0 amide bonds. The lowest BCUT2D eigenvalue weighted by atomic mass is 10.2. The van der Waals surface area contributed by atoms with E-state index in [0.29, 0.717) is 12.5 Å². The van der Waals surface area contributed by atoms with E-state index >= 15 is 0 Å². The molecule has 0 fully saturated rings. The Bertz CT molecular complexity index is 496. The Kier molecular flexibility index (Phi) is 4.35. The highest BCUT2D eigenvalue weighted by Gasteiger charge is 2.07. The fourth-order valence-electron chi connectivity index (χ4n) is 1.64. The molecule has 6 nitrogen and oxygen atoms in total. The molecule has 0 aromatic carbocycles. The summed E-state index contributed by atoms with van der Waals surface area (Å²) in [6.45, 7) is 3.56. The van der Waals surface area contributed by atoms with E-state index in [1.807, 2.05) is 36.3 Å². The summed E-state index contributed by atoms with van der Waals surface area (Å²) >= 11 is 0. The molecule has 2 heterocycles. The highest BCUT2D eigenvalue weighted by atomic mass is 15.2. The van der Waals surface area contributed by atoms with Crippen LogP contribution < -0.4 is 16.0 Å². The van der Waals surface area contributed by atoms with Crippen molar-refractivity contribution in [3.63, 3.8) is 0 Å². The number of aromatic nitrogens is 3. The number of aromatic amines is 1. The highest BCUT2D eigenvalue weighted by molar-refractivity contribution is 5.58. The van der Waals surface area contributed by atoms with Crippen molar-refractivity contribution in [2.24, 2.45) is 11.7 Å². The van der Waals surface area contributed by atoms with E-state index < -0.39 is 0 Å². The molecule has 2 aromatic rings. The zero-order valence-corrected chi connectivity index (χ0v) is 11.3. The van der Waals surface area contributed by atoms with Gasteiger partial charge < -0.3 is 20.9 Å². The summed E-state index contributed by atoms with van der Waals surface area (Å²) in [4.78, 5) is 13.6. The van der Waals surface area contributed by atoms with Gasteiger partial charge in [-0.25, -0.2) is 9.97 Å². The second kappa shape index (κ2) is 6.19. The van der Waals surface area contributed by atoms with Crippen LogP contribution in [0.2, 0.25) is 0 Å². The van der Waals surface area contributed by atoms with Crippen LogP contribution in [0.3, 0.4) is 0 Å². The standard InChI is InChI=1S/C13H20N6/c1-10(7-14)8-16-11-6-13(18-9-17-11)19(2)12-4-3-5-15-12/h3-6,9-10,15H,7-8,14H2,1-2H3,(H,16,17,18). The molecule has 19 heavy (non-hydrogen) atoms. The van der Waals surface area contributed by atoms with Gasteiger partial charge in [-0.15, -0.1) is 0 Å². The molecule has 0 bridgehead atoms. The van der Waals surface area contributed by atoms with Crippen molar-refractivity contribution >= 4 is 17.5 Å². The first-order chi connectivity index (χ1) is 9.20. The highest BCUT2D eigenvalue weighted by Crippen LogP contribution is 2.20. The molecule has 102 valence electrons. The van der Waals surface area contributed by atoms with E-state index in [0.717, 1.165) is 24.0 Å². The molecule has 0 saturated heterocycles. The molecule has 4 N–H and O–H groups in total. The monoisotopic (exact) mass is 260 g/mol. The molecule has 0 radical (unpaired) electrons. The Hall–Kier alpha value is -2.08. The maximum Gasteiger partial charge on any atom is 0.139 e. The first-order valence-electron chi connectivity index (χ1n) is 6.34. The van der Waals surface area contributed by atoms with Gasteiger partial charge in [0.05, 0.1) is 0 Å². The summed E-state index contributed by atoms with van der Waals surface area (Å²) in [6, 6.07) is 5.87. The van der Waals surface area contributed by atoms with Crippen molar-refractivity contribution < 1.29 is 0 Å². The van der Waals surface area contributed by atoms with Gasteiger partial charge in [0, 0.05) is 25.9 Å². The van der Waals surface area contributed by atoms with Gasteiger partial charge in [0.15, 0.2) is 0 Å². The lowest BCUT2D eigenvalue weighted by Crippen LogP contribution is -2.20. The van der Waals surface area contributed by atoms with E-state index in [2.05, 4.69) is 27.2 Å². The molecule has 0 saturated carbocycles. The Morgan fingerprint density at radius 2 is 2.32 bits per heavy atom. The van der Waals surface area contributed by atoms with Crippen LogP contribution in [0.4, 0.5) is 17.5 Å². The number of nitrogens with one attached hydrogen (secondary N) is 2. The van der Waals surface area contributed by atoms with Gasteiger partial charge in [-0.2, -0.15) is 0 Å². The second-order valence-electron chi connectivity index (χ2n) is 4.60. The molecule has 1 atom stereocenters. The summed E-state index contributed by atoms with van der Waals surface area (Å²) in [7, 11) is 1.96. The van der Waals surface area contributed by atoms with Crippen LogP contribution >= 0.6 is 0 Å². The van der Waals surface area contributed by atoms with Crippen LogP contribution in [-0.2, 0) is 0 Å². The first kappa shape index (κ1) is 13.4. The van der Waals surface area contributed by atoms with Crippen LogP contribution in [0.5, 0.6) is 0 Å². The molecular weight excluding hydrogens is 240 g/mol. The van der Waals surface area contributed by atoms with Gasteiger partial charge >= 0.3 is 0 Å². The number of hydrogen-bond acceptors (Lipinski definition) is 5. The van der Waals surface area contributed by atoms with Crippen LogP contribution in [0, 0.1) is 5.92 Å². The fourth-order valence-corrected chi connectivity index (χ4v) is 1.64. The summed E-state index contributed by atoms with van der Waals surface area (Å²) in [5, 5.41) is 3.27. The van der Waals surface area contributed by atoms with E-state index in [9.17, 15) is 0 Å². The van der Waals surface area contributed by atoms with E-state index in [4.69, 9.17) is 5.73 Å². The first-order valence-corrected chi connectivity index (χ1v) is 6.34. The quantitative estimate of drug-likeness (QED) is 0.734. The lowest BCUT2D eigenvalue weighted by Gasteiger charge is -2.17. The average molecular weight is 260 g/mol. The van der Waals surface area contributed by atoms with Gasteiger partial charge in [0.2, 0.25) is 0 Å². The predicted molar refractivity (Wildman–Crippen MR) is 77.6 cm³/mol. The SMILES string of the molecule is CC(CN)CNc1cc(N(C)c2ccc[nH]2)ncn1. The van der Waals surface area contributed by atoms with Crippen molar-refractivity contribution in [3.8, 4) is 0 Å². The maximum absolute atomic E-state index is 5.59. The smallest absolute Gasteiger partial charge is 0.139 e. The third-order valence-corrected chi connectivity index (χ3v) is 2.97. The summed E-state index contributed by atoms with van der Waals surface area (Å²) in [6.07, 6.45) is 3.44. The third kappa shape index (κ3) is 3.45. The van der Waals surface area contributed by atoms with Gasteiger partial charge in [0.1, 0.15) is 23.8 Å². The third-order valence-electron chi connectivity index (χ3n) is 2.97. The van der Waals surface area contributed by atoms with Crippen molar-refractivity contribution in [1.82, 2.24) is 15.0 Å². The topological polar surface area (TPSA) is 82.9 Å². The largest absolute Gasteiger partial charge is 0.370 e. The van der Waals surface area contributed by atoms with Crippen LogP contribution in [0.25, 0.3) is 0 Å². The lowest BCUT2D eigenvalue weighted by molar-refractivity contribution is 0.627. The van der Waals surface area contributed by atoms with Gasteiger partial charge in [-0.1, -0.05) is 6.92 Å². The number of nitrogens with two attached hydrogens (primary N) is 1. The number of hydrogen-bond donors (Lipinski definition) is 3. The second-order valence-corrected chi connectivity index (χ2v) is 4.60. The molecule has 2 aromatic heterocycles. The Balaban J connectivity index is 2.06. The normalized spacial score (nSPS) is 12.2. The molecule has 1 unspecified atom stereocenters. The zero-order valence-electron chi connectivity index (χ0n) is 11.3. The van der Waals surface area contributed by atoms with Crippen molar-refractivity contribution in [2.75, 3.05) is 30.4 Å². The Morgan fingerprint density at radius 3 is 3.00 bits per heavy atom. The number of rotatable bonds is 6. The summed E-state index contributed by atoms with van der Waals surface area (Å²) < 4.78 is 0. The Labute approximate surface area is 113 Å². The Morgan fingerprint density at radius 1 is 1.47 bits per heavy atom. The molecule has 6 heteroatoms. The van der Waals surface area contributed by atoms with E-state index in [-0.39, 0.29) is 0 Å². The number of nitrogens with zero attached hydrogens (tertiary/aromatic N) is 3. The molecular formula is C13H20N6. The minimum atomic E-state index is 0.416. The van der Waals surface area contributed by atoms with Crippen molar-refractivity contribution in [1.29, 1.82) is 0 Å². The minimum Gasteiger partial charge on any atom is -0.370 e. The van der Waals surface area contributed by atoms with Gasteiger partial charge in [-0.3, -0.25) is 0 Å². The van der Waals surface area contributed by atoms with E-state index in [1.165, 1.54) is 0 Å². The molecule has 2 rings (SSSR count). The van der Waals surface area contributed by atoms with Crippen LogP contribution in [0.15, 0.2) is 30.7 Å². The summed E-state index contributed by atoms with van der Waals surface area (Å²) in [5.74, 6) is 3.04. The van der Waals surface area contributed by atoms with Crippen LogP contribution in [0.1, 0.15) is 6.92 Å². The fraction of sp³-hybridized carbons (Fsp3) is 0.385. The zero-order chi connectivity index (χ0) is 13.7. The molecule has 0 aliphatic heterocycles. The maximum atomic E-state index is 5.59. The number of anilines is 3. The molecule has 0 aliphatic carbocycles. The van der Waals surface area contributed by atoms with E-state index in [1.54, 1.807) is 6.33 Å².